The quantitative estimate of drug-likeness (QED) is 0.496. The van der Waals surface area contributed by atoms with E-state index >= 15 is 0 Å². The first-order valence-corrected chi connectivity index (χ1v) is 10.9. The Morgan fingerprint density at radius 2 is 1.19 bits per heavy atom. The molecule has 1 heterocycles. The molecule has 3 atom stereocenters. The fourth-order valence-corrected chi connectivity index (χ4v) is 3.78. The topological polar surface area (TPSA) is 56.3 Å². The van der Waals surface area contributed by atoms with Crippen molar-refractivity contribution in [3.05, 3.63) is 108 Å². The monoisotopic (exact) mass is 419 g/mol. The SMILES string of the molecule is c1ccc(COC[C@H]2N[NH2+]C[C@@H](OCc3ccccc3)[C@@H]2OCc2ccccc2)cc1. The van der Waals surface area contributed by atoms with Gasteiger partial charge in [0.15, 0.2) is 0 Å². The Hall–Kier alpha value is -2.54. The zero-order valence-corrected chi connectivity index (χ0v) is 17.7. The summed E-state index contributed by atoms with van der Waals surface area (Å²) in [6.07, 6.45) is -0.139. The van der Waals surface area contributed by atoms with Crippen molar-refractivity contribution in [3.63, 3.8) is 0 Å². The van der Waals surface area contributed by atoms with E-state index in [0.29, 0.717) is 26.4 Å². The van der Waals surface area contributed by atoms with E-state index in [1.165, 1.54) is 11.1 Å². The molecule has 0 bridgehead atoms. The fourth-order valence-electron chi connectivity index (χ4n) is 3.78. The highest BCUT2D eigenvalue weighted by Gasteiger charge is 2.37. The van der Waals surface area contributed by atoms with Gasteiger partial charge in [-0.2, -0.15) is 5.43 Å². The summed E-state index contributed by atoms with van der Waals surface area (Å²) in [5.41, 5.74) is 9.03. The lowest BCUT2D eigenvalue weighted by Gasteiger charge is -2.36. The van der Waals surface area contributed by atoms with Crippen LogP contribution in [0, 0.1) is 0 Å². The maximum atomic E-state index is 6.40. The van der Waals surface area contributed by atoms with Gasteiger partial charge in [-0.3, -0.25) is 5.43 Å². The fraction of sp³-hybridized carbons (Fsp3) is 0.308. The van der Waals surface area contributed by atoms with Crippen molar-refractivity contribution in [3.8, 4) is 0 Å². The molecule has 0 aromatic heterocycles. The first-order valence-electron chi connectivity index (χ1n) is 10.9. The summed E-state index contributed by atoms with van der Waals surface area (Å²) in [7, 11) is 0. The first-order chi connectivity index (χ1) is 15.4. The third-order valence-electron chi connectivity index (χ3n) is 5.45. The van der Waals surface area contributed by atoms with E-state index in [-0.39, 0.29) is 18.2 Å². The molecule has 1 fully saturated rings. The van der Waals surface area contributed by atoms with Gasteiger partial charge in [0.2, 0.25) is 0 Å². The van der Waals surface area contributed by atoms with Crippen LogP contribution in [-0.4, -0.2) is 31.4 Å². The van der Waals surface area contributed by atoms with Gasteiger partial charge in [-0.25, -0.2) is 0 Å². The van der Waals surface area contributed by atoms with Gasteiger partial charge >= 0.3 is 0 Å². The van der Waals surface area contributed by atoms with E-state index in [0.717, 1.165) is 12.1 Å². The van der Waals surface area contributed by atoms with Crippen LogP contribution in [0.4, 0.5) is 0 Å². The number of nitrogens with one attached hydrogen (secondary N) is 1. The van der Waals surface area contributed by atoms with Gasteiger partial charge in [0.1, 0.15) is 24.8 Å². The van der Waals surface area contributed by atoms with Gasteiger partial charge < -0.3 is 14.2 Å². The van der Waals surface area contributed by atoms with Gasteiger partial charge in [-0.15, -0.1) is 0 Å². The zero-order chi connectivity index (χ0) is 21.1. The number of nitrogens with two attached hydrogens (primary N) is 1. The summed E-state index contributed by atoms with van der Waals surface area (Å²) < 4.78 is 18.7. The minimum Gasteiger partial charge on any atom is -0.375 e. The first kappa shape index (κ1) is 21.7. The van der Waals surface area contributed by atoms with Gasteiger partial charge in [-0.1, -0.05) is 91.0 Å². The molecular weight excluding hydrogens is 388 g/mol. The number of ether oxygens (including phenoxy) is 3. The largest absolute Gasteiger partial charge is 0.375 e. The third-order valence-corrected chi connectivity index (χ3v) is 5.45. The molecule has 31 heavy (non-hydrogen) atoms. The second-order valence-electron chi connectivity index (χ2n) is 7.81. The maximum absolute atomic E-state index is 6.40. The molecule has 0 saturated carbocycles. The van der Waals surface area contributed by atoms with Crippen molar-refractivity contribution < 1.29 is 19.6 Å². The smallest absolute Gasteiger partial charge is 0.136 e. The minimum absolute atomic E-state index is 0.0296. The Bertz CT molecular complexity index is 877. The molecule has 1 saturated heterocycles. The molecule has 3 aromatic rings. The van der Waals surface area contributed by atoms with E-state index in [1.807, 2.05) is 54.6 Å². The van der Waals surface area contributed by atoms with Crippen LogP contribution in [0.1, 0.15) is 16.7 Å². The van der Waals surface area contributed by atoms with E-state index in [4.69, 9.17) is 14.2 Å². The van der Waals surface area contributed by atoms with Gasteiger partial charge in [-0.05, 0) is 16.7 Å². The number of hydrogen-bond donors (Lipinski definition) is 2. The maximum Gasteiger partial charge on any atom is 0.136 e. The van der Waals surface area contributed by atoms with E-state index in [2.05, 4.69) is 47.2 Å². The number of rotatable bonds is 10. The van der Waals surface area contributed by atoms with Gasteiger partial charge in [0, 0.05) is 0 Å². The van der Waals surface area contributed by atoms with Crippen LogP contribution in [0.15, 0.2) is 91.0 Å². The molecule has 1 aliphatic rings. The lowest BCUT2D eigenvalue weighted by atomic mass is 10.0. The summed E-state index contributed by atoms with van der Waals surface area (Å²) in [5.74, 6) is 0. The van der Waals surface area contributed by atoms with Gasteiger partial charge in [0.25, 0.3) is 0 Å². The molecule has 5 nitrogen and oxygen atoms in total. The van der Waals surface area contributed by atoms with E-state index in [1.54, 1.807) is 0 Å². The van der Waals surface area contributed by atoms with E-state index < -0.39 is 0 Å². The summed E-state index contributed by atoms with van der Waals surface area (Å²) in [6, 6.07) is 30.8. The second kappa shape index (κ2) is 11.7. The summed E-state index contributed by atoms with van der Waals surface area (Å²) in [6.45, 7) is 3.05. The summed E-state index contributed by atoms with van der Waals surface area (Å²) >= 11 is 0. The Morgan fingerprint density at radius 3 is 1.77 bits per heavy atom. The van der Waals surface area contributed by atoms with Gasteiger partial charge in [0.05, 0.1) is 26.4 Å². The molecule has 162 valence electrons. The van der Waals surface area contributed by atoms with Crippen molar-refractivity contribution in [2.24, 2.45) is 0 Å². The number of quaternary nitrogens is 1. The number of benzene rings is 3. The normalized spacial score (nSPS) is 21.1. The molecule has 5 heteroatoms. The van der Waals surface area contributed by atoms with Crippen molar-refractivity contribution in [1.82, 2.24) is 5.43 Å². The van der Waals surface area contributed by atoms with Crippen molar-refractivity contribution >= 4 is 0 Å². The molecular formula is C26H31N2O3+. The summed E-state index contributed by atoms with van der Waals surface area (Å²) in [5, 5.41) is 0. The Morgan fingerprint density at radius 1 is 0.677 bits per heavy atom. The Kier molecular flexibility index (Phi) is 8.21. The average Bonchev–Trinajstić information content (AvgIpc) is 2.84. The van der Waals surface area contributed by atoms with Crippen LogP contribution in [-0.2, 0) is 34.0 Å². The van der Waals surface area contributed by atoms with E-state index in [9.17, 15) is 0 Å². The lowest BCUT2D eigenvalue weighted by Crippen LogP contribution is -3.01. The summed E-state index contributed by atoms with van der Waals surface area (Å²) in [4.78, 5) is 0. The standard InChI is InChI=1S/C26H30N2O3/c1-4-10-21(11-5-1)17-29-20-24-26(31-19-23-14-8-3-9-15-23)25(16-27-28-24)30-18-22-12-6-2-7-13-22/h1-15,24-28H,16-20H2/p+1/t24-,25-,26-/m1/s1. The van der Waals surface area contributed by atoms with Crippen LogP contribution in [0.5, 0.6) is 0 Å². The Balaban J connectivity index is 1.38. The molecule has 0 amide bonds. The highest BCUT2D eigenvalue weighted by molar-refractivity contribution is 5.15. The highest BCUT2D eigenvalue weighted by atomic mass is 16.5. The third kappa shape index (κ3) is 6.72. The van der Waals surface area contributed by atoms with Crippen LogP contribution in [0.3, 0.4) is 0 Å². The minimum atomic E-state index is -0.107. The predicted molar refractivity (Wildman–Crippen MR) is 120 cm³/mol. The molecule has 0 aliphatic carbocycles. The zero-order valence-electron chi connectivity index (χ0n) is 17.7. The van der Waals surface area contributed by atoms with Crippen molar-refractivity contribution in [1.29, 1.82) is 0 Å². The number of hydrogen-bond acceptors (Lipinski definition) is 4. The molecule has 1 aliphatic heterocycles. The molecule has 4 rings (SSSR count). The Labute approximate surface area is 184 Å². The molecule has 0 spiro atoms. The molecule has 3 aromatic carbocycles. The van der Waals surface area contributed by atoms with Crippen molar-refractivity contribution in [2.45, 2.75) is 38.1 Å². The second-order valence-corrected chi connectivity index (χ2v) is 7.81. The molecule has 3 N–H and O–H groups in total. The molecule has 0 unspecified atom stereocenters. The van der Waals surface area contributed by atoms with Crippen LogP contribution >= 0.6 is 0 Å². The lowest BCUT2D eigenvalue weighted by molar-refractivity contribution is -0.734. The highest BCUT2D eigenvalue weighted by Crippen LogP contribution is 2.16. The average molecular weight is 420 g/mol. The van der Waals surface area contributed by atoms with Crippen molar-refractivity contribution in [2.75, 3.05) is 13.2 Å². The van der Waals surface area contributed by atoms with Crippen LogP contribution in [0.2, 0.25) is 0 Å². The van der Waals surface area contributed by atoms with Crippen LogP contribution in [0.25, 0.3) is 0 Å². The predicted octanol–water partition coefficient (Wildman–Crippen LogP) is 2.82. The molecule has 0 radical (unpaired) electrons. The van der Waals surface area contributed by atoms with Crippen LogP contribution < -0.4 is 10.9 Å².